The van der Waals surface area contributed by atoms with Crippen molar-refractivity contribution in [3.8, 4) is 0 Å². The fourth-order valence-electron chi connectivity index (χ4n) is 2.63. The zero-order valence-corrected chi connectivity index (χ0v) is 10.7. The van der Waals surface area contributed by atoms with Gasteiger partial charge in [0.05, 0.1) is 0 Å². The molecule has 1 aliphatic heterocycles. The second-order valence-electron chi connectivity index (χ2n) is 5.14. The number of hydrogen-bond acceptors (Lipinski definition) is 5. The van der Waals surface area contributed by atoms with Crippen molar-refractivity contribution >= 4 is 22.1 Å². The number of fused-ring (bicyclic) bond motifs is 1. The summed E-state index contributed by atoms with van der Waals surface area (Å²) in [7, 11) is 0. The lowest BCUT2D eigenvalue weighted by molar-refractivity contribution is 0.440. The summed E-state index contributed by atoms with van der Waals surface area (Å²) in [6.07, 6.45) is 4.26. The van der Waals surface area contributed by atoms with Gasteiger partial charge in [-0.3, -0.25) is 9.20 Å². The Labute approximate surface area is 108 Å². The first-order valence-electron chi connectivity index (χ1n) is 6.23. The summed E-state index contributed by atoms with van der Waals surface area (Å²) in [6, 6.07) is 1.65. The summed E-state index contributed by atoms with van der Waals surface area (Å²) < 4.78 is 1.60. The quantitative estimate of drug-likeness (QED) is 0.822. The second-order valence-corrected chi connectivity index (χ2v) is 6.01. The van der Waals surface area contributed by atoms with Crippen LogP contribution >= 0.6 is 11.3 Å². The van der Waals surface area contributed by atoms with E-state index in [-0.39, 0.29) is 5.56 Å². The number of nitrogens with zero attached hydrogens (tertiary/aromatic N) is 3. The normalized spacial score (nSPS) is 21.7. The Balaban J connectivity index is 1.75. The lowest BCUT2D eigenvalue weighted by Crippen LogP contribution is -2.53. The number of aromatic nitrogens is 2. The van der Waals surface area contributed by atoms with E-state index in [2.05, 4.69) is 15.2 Å². The molecule has 1 saturated carbocycles. The monoisotopic (exact) mass is 262 g/mol. The molecule has 5 nitrogen and oxygen atoms in total. The van der Waals surface area contributed by atoms with Crippen molar-refractivity contribution in [3.05, 3.63) is 28.0 Å². The van der Waals surface area contributed by atoms with Crippen molar-refractivity contribution in [2.75, 3.05) is 24.5 Å². The Morgan fingerprint density at radius 3 is 3.17 bits per heavy atom. The van der Waals surface area contributed by atoms with Crippen LogP contribution in [-0.2, 0) is 0 Å². The van der Waals surface area contributed by atoms with Crippen LogP contribution in [0.5, 0.6) is 0 Å². The van der Waals surface area contributed by atoms with Gasteiger partial charge in [-0.1, -0.05) is 0 Å². The van der Waals surface area contributed by atoms with Gasteiger partial charge in [0.2, 0.25) is 0 Å². The lowest BCUT2D eigenvalue weighted by Gasteiger charge is -2.34. The van der Waals surface area contributed by atoms with E-state index < -0.39 is 0 Å². The molecule has 18 heavy (non-hydrogen) atoms. The molecule has 1 spiro atoms. The molecule has 2 aromatic rings. The molecule has 94 valence electrons. The number of anilines is 1. The maximum absolute atomic E-state index is 12.0. The summed E-state index contributed by atoms with van der Waals surface area (Å²) >= 11 is 1.50. The molecule has 2 fully saturated rings. The van der Waals surface area contributed by atoms with Crippen LogP contribution in [0, 0.1) is 0 Å². The number of piperazine rings is 1. The van der Waals surface area contributed by atoms with E-state index in [9.17, 15) is 4.79 Å². The average molecular weight is 262 g/mol. The van der Waals surface area contributed by atoms with Gasteiger partial charge in [0.15, 0.2) is 4.96 Å². The van der Waals surface area contributed by atoms with Crippen molar-refractivity contribution in [1.29, 1.82) is 0 Å². The first-order chi connectivity index (χ1) is 8.76. The molecular formula is C12H14N4OS. The third-order valence-corrected chi connectivity index (χ3v) is 4.60. The minimum Gasteiger partial charge on any atom is -0.353 e. The highest BCUT2D eigenvalue weighted by Gasteiger charge is 2.45. The summed E-state index contributed by atoms with van der Waals surface area (Å²) in [6.45, 7) is 2.88. The van der Waals surface area contributed by atoms with Gasteiger partial charge in [-0.2, -0.15) is 0 Å². The highest BCUT2D eigenvalue weighted by Crippen LogP contribution is 2.38. The molecule has 0 bridgehead atoms. The average Bonchev–Trinajstić information content (AvgIpc) is 2.93. The van der Waals surface area contributed by atoms with Crippen LogP contribution in [0.1, 0.15) is 12.8 Å². The fourth-order valence-corrected chi connectivity index (χ4v) is 3.35. The van der Waals surface area contributed by atoms with Crippen molar-refractivity contribution in [3.63, 3.8) is 0 Å². The van der Waals surface area contributed by atoms with Gasteiger partial charge in [-0.25, -0.2) is 4.98 Å². The molecule has 0 unspecified atom stereocenters. The van der Waals surface area contributed by atoms with Gasteiger partial charge >= 0.3 is 0 Å². The Hall–Kier alpha value is -1.40. The maximum Gasteiger partial charge on any atom is 0.260 e. The van der Waals surface area contributed by atoms with Crippen LogP contribution in [0.3, 0.4) is 0 Å². The molecule has 0 amide bonds. The van der Waals surface area contributed by atoms with E-state index in [1.54, 1.807) is 16.7 Å². The predicted molar refractivity (Wildman–Crippen MR) is 71.5 cm³/mol. The molecule has 2 aromatic heterocycles. The van der Waals surface area contributed by atoms with Crippen molar-refractivity contribution in [2.45, 2.75) is 18.4 Å². The van der Waals surface area contributed by atoms with E-state index in [1.807, 2.05) is 5.38 Å². The van der Waals surface area contributed by atoms with Gasteiger partial charge in [0.25, 0.3) is 5.56 Å². The standard InChI is InChI=1S/C12H14N4OS/c17-10-7-9(14-11-16(10)5-6-18-11)15-4-3-13-12(8-15)1-2-12/h5-7,13H,1-4,8H2. The lowest BCUT2D eigenvalue weighted by atomic mass is 10.2. The van der Waals surface area contributed by atoms with Gasteiger partial charge in [0, 0.05) is 42.8 Å². The molecule has 1 saturated heterocycles. The second kappa shape index (κ2) is 3.55. The number of rotatable bonds is 1. The van der Waals surface area contributed by atoms with Crippen LogP contribution in [0.15, 0.2) is 22.4 Å². The smallest absolute Gasteiger partial charge is 0.260 e. The van der Waals surface area contributed by atoms with E-state index in [1.165, 1.54) is 24.2 Å². The minimum atomic E-state index is 0.0135. The Kier molecular flexibility index (Phi) is 2.07. The van der Waals surface area contributed by atoms with Crippen LogP contribution in [-0.4, -0.2) is 34.6 Å². The zero-order chi connectivity index (χ0) is 12.2. The molecule has 0 aromatic carbocycles. The molecular weight excluding hydrogens is 248 g/mol. The summed E-state index contributed by atoms with van der Waals surface area (Å²) in [5.41, 5.74) is 0.320. The predicted octanol–water partition coefficient (Wildman–Crippen LogP) is 0.698. The van der Waals surface area contributed by atoms with Gasteiger partial charge in [0.1, 0.15) is 5.82 Å². The summed E-state index contributed by atoms with van der Waals surface area (Å²) in [5, 5.41) is 5.46. The third-order valence-electron chi connectivity index (χ3n) is 3.84. The first kappa shape index (κ1) is 10.5. The van der Waals surface area contributed by atoms with Crippen molar-refractivity contribution < 1.29 is 0 Å². The molecule has 1 aliphatic carbocycles. The van der Waals surface area contributed by atoms with E-state index in [0.717, 1.165) is 30.4 Å². The number of hydrogen-bond donors (Lipinski definition) is 1. The topological polar surface area (TPSA) is 49.6 Å². The van der Waals surface area contributed by atoms with E-state index >= 15 is 0 Å². The van der Waals surface area contributed by atoms with Gasteiger partial charge < -0.3 is 10.2 Å². The van der Waals surface area contributed by atoms with Crippen LogP contribution in [0.4, 0.5) is 5.82 Å². The minimum absolute atomic E-state index is 0.0135. The molecule has 0 radical (unpaired) electrons. The Bertz CT molecular complexity index is 657. The number of nitrogens with one attached hydrogen (secondary N) is 1. The van der Waals surface area contributed by atoms with Crippen molar-refractivity contribution in [2.24, 2.45) is 0 Å². The van der Waals surface area contributed by atoms with Gasteiger partial charge in [-0.05, 0) is 12.8 Å². The summed E-state index contributed by atoms with van der Waals surface area (Å²) in [5.74, 6) is 0.829. The van der Waals surface area contributed by atoms with Gasteiger partial charge in [-0.15, -0.1) is 11.3 Å². The zero-order valence-electron chi connectivity index (χ0n) is 9.93. The molecule has 2 aliphatic rings. The van der Waals surface area contributed by atoms with Crippen LogP contribution < -0.4 is 15.8 Å². The van der Waals surface area contributed by atoms with E-state index in [4.69, 9.17) is 0 Å². The van der Waals surface area contributed by atoms with E-state index in [0.29, 0.717) is 5.54 Å². The molecule has 6 heteroatoms. The Morgan fingerprint density at radius 2 is 2.33 bits per heavy atom. The van der Waals surface area contributed by atoms with Crippen molar-refractivity contribution in [1.82, 2.24) is 14.7 Å². The first-order valence-corrected chi connectivity index (χ1v) is 7.11. The van der Waals surface area contributed by atoms with Crippen LogP contribution in [0.25, 0.3) is 4.96 Å². The maximum atomic E-state index is 12.0. The summed E-state index contributed by atoms with van der Waals surface area (Å²) in [4.78, 5) is 19.6. The van der Waals surface area contributed by atoms with Crippen LogP contribution in [0.2, 0.25) is 0 Å². The highest BCUT2D eigenvalue weighted by atomic mass is 32.1. The molecule has 4 rings (SSSR count). The molecule has 1 N–H and O–H groups in total. The SMILES string of the molecule is O=c1cc(N2CCNC3(CC3)C2)nc2sccn12. The highest BCUT2D eigenvalue weighted by molar-refractivity contribution is 7.15. The third kappa shape index (κ3) is 1.56. The fraction of sp³-hybridized carbons (Fsp3) is 0.500. The molecule has 3 heterocycles. The molecule has 0 atom stereocenters. The number of thiazole rings is 1. The largest absolute Gasteiger partial charge is 0.353 e. The Morgan fingerprint density at radius 1 is 1.44 bits per heavy atom.